The summed E-state index contributed by atoms with van der Waals surface area (Å²) in [6, 6.07) is 0. The molecule has 0 aliphatic carbocycles. The topological polar surface area (TPSA) is 121 Å². The van der Waals surface area contributed by atoms with Gasteiger partial charge in [-0.3, -0.25) is 9.59 Å². The number of ether oxygens (including phenoxy) is 2. The van der Waals surface area contributed by atoms with Crippen LogP contribution >= 0.6 is 0 Å². The van der Waals surface area contributed by atoms with Crippen molar-refractivity contribution < 1.29 is 35.9 Å². The summed E-state index contributed by atoms with van der Waals surface area (Å²) in [5.41, 5.74) is 0. The van der Waals surface area contributed by atoms with Crippen LogP contribution in [0.1, 0.15) is 51.4 Å². The molecule has 26 heavy (non-hydrogen) atoms. The van der Waals surface area contributed by atoms with E-state index >= 15 is 0 Å². The standard InChI is InChI=1S/C16H30O8S2/c1-23-15(17)13-25(19,20)11-9-7-5-3-4-6-8-10-12-26(21,22)14-16(18)24-2/h3-14H2,1-2H3. The van der Waals surface area contributed by atoms with Crippen LogP contribution in [0, 0.1) is 0 Å². The van der Waals surface area contributed by atoms with Crippen molar-refractivity contribution in [2.75, 3.05) is 37.2 Å². The maximum absolute atomic E-state index is 11.6. The lowest BCUT2D eigenvalue weighted by Gasteiger charge is -2.05. The molecule has 0 aromatic carbocycles. The molecule has 0 aromatic heterocycles. The minimum Gasteiger partial charge on any atom is -0.468 e. The fourth-order valence-corrected chi connectivity index (χ4v) is 4.86. The predicted molar refractivity (Wildman–Crippen MR) is 98.3 cm³/mol. The maximum atomic E-state index is 11.6. The fraction of sp³-hybridized carbons (Fsp3) is 0.875. The molecule has 0 aromatic rings. The summed E-state index contributed by atoms with van der Waals surface area (Å²) >= 11 is 0. The number of carbonyl (C=O) groups excluding carboxylic acids is 2. The van der Waals surface area contributed by atoms with E-state index in [4.69, 9.17) is 0 Å². The van der Waals surface area contributed by atoms with E-state index in [1.165, 1.54) is 0 Å². The normalized spacial score (nSPS) is 11.9. The zero-order valence-electron chi connectivity index (χ0n) is 15.6. The average molecular weight is 415 g/mol. The van der Waals surface area contributed by atoms with Crippen molar-refractivity contribution in [3.63, 3.8) is 0 Å². The lowest BCUT2D eigenvalue weighted by atomic mass is 10.1. The highest BCUT2D eigenvalue weighted by Crippen LogP contribution is 2.10. The number of esters is 2. The van der Waals surface area contributed by atoms with Crippen molar-refractivity contribution >= 4 is 31.6 Å². The number of methoxy groups -OCH3 is 2. The van der Waals surface area contributed by atoms with Gasteiger partial charge in [0.05, 0.1) is 25.7 Å². The maximum Gasteiger partial charge on any atom is 0.320 e. The van der Waals surface area contributed by atoms with E-state index in [-0.39, 0.29) is 11.5 Å². The summed E-state index contributed by atoms with van der Waals surface area (Å²) in [5, 5.41) is 0. The SMILES string of the molecule is COC(=O)CS(=O)(=O)CCCCCCCCCCS(=O)(=O)CC(=O)OC. The summed E-state index contributed by atoms with van der Waals surface area (Å²) in [4.78, 5) is 21.9. The van der Waals surface area contributed by atoms with Gasteiger partial charge in [-0.1, -0.05) is 38.5 Å². The number of unbranched alkanes of at least 4 members (excludes halogenated alkanes) is 7. The number of rotatable bonds is 15. The molecule has 0 spiro atoms. The molecule has 0 aliphatic rings. The highest BCUT2D eigenvalue weighted by Gasteiger charge is 2.17. The zero-order valence-corrected chi connectivity index (χ0v) is 17.2. The zero-order chi connectivity index (χ0) is 20.1. The molecule has 154 valence electrons. The first-order valence-corrected chi connectivity index (χ1v) is 12.3. The van der Waals surface area contributed by atoms with Crippen molar-refractivity contribution in [1.29, 1.82) is 0 Å². The molecule has 8 nitrogen and oxygen atoms in total. The highest BCUT2D eigenvalue weighted by atomic mass is 32.2. The molecule has 0 amide bonds. The van der Waals surface area contributed by atoms with E-state index in [1.807, 2.05) is 0 Å². The van der Waals surface area contributed by atoms with E-state index in [1.54, 1.807) is 0 Å². The highest BCUT2D eigenvalue weighted by molar-refractivity contribution is 7.92. The first-order chi connectivity index (χ1) is 12.1. The fourth-order valence-electron chi connectivity index (χ4n) is 2.33. The molecular weight excluding hydrogens is 384 g/mol. The Balaban J connectivity index is 3.63. The first-order valence-electron chi connectivity index (χ1n) is 8.66. The van der Waals surface area contributed by atoms with Gasteiger partial charge in [0, 0.05) is 0 Å². The molecule has 0 unspecified atom stereocenters. The van der Waals surface area contributed by atoms with Gasteiger partial charge in [0.15, 0.2) is 19.7 Å². The van der Waals surface area contributed by atoms with Crippen LogP contribution in [0.2, 0.25) is 0 Å². The van der Waals surface area contributed by atoms with Gasteiger partial charge < -0.3 is 9.47 Å². The molecule has 0 bridgehead atoms. The van der Waals surface area contributed by atoms with Gasteiger partial charge in [-0.25, -0.2) is 16.8 Å². The number of carbonyl (C=O) groups is 2. The van der Waals surface area contributed by atoms with Crippen molar-refractivity contribution in [1.82, 2.24) is 0 Å². The molecule has 0 heterocycles. The summed E-state index contributed by atoms with van der Waals surface area (Å²) in [6.45, 7) is 0. The Morgan fingerprint density at radius 3 is 1.12 bits per heavy atom. The van der Waals surface area contributed by atoms with Gasteiger partial charge in [0.1, 0.15) is 11.5 Å². The van der Waals surface area contributed by atoms with E-state index in [0.717, 1.165) is 52.7 Å². The summed E-state index contributed by atoms with van der Waals surface area (Å²) in [5.74, 6) is -2.64. The molecule has 10 heteroatoms. The monoisotopic (exact) mass is 414 g/mol. The molecule has 0 fully saturated rings. The molecule has 0 atom stereocenters. The second kappa shape index (κ2) is 13.1. The van der Waals surface area contributed by atoms with Crippen LogP contribution < -0.4 is 0 Å². The third-order valence-corrected chi connectivity index (χ3v) is 6.96. The number of hydrogen-bond donors (Lipinski definition) is 0. The van der Waals surface area contributed by atoms with Crippen molar-refractivity contribution in [2.45, 2.75) is 51.4 Å². The predicted octanol–water partition coefficient (Wildman–Crippen LogP) is 1.28. The number of hydrogen-bond acceptors (Lipinski definition) is 8. The summed E-state index contributed by atoms with van der Waals surface area (Å²) in [7, 11) is -4.46. The quantitative estimate of drug-likeness (QED) is 0.290. The van der Waals surface area contributed by atoms with Crippen LogP contribution in [0.3, 0.4) is 0 Å². The Morgan fingerprint density at radius 1 is 0.577 bits per heavy atom. The Hall–Kier alpha value is -1.16. The van der Waals surface area contributed by atoms with Crippen LogP contribution in [0.4, 0.5) is 0 Å². The Labute approximate surface area is 156 Å². The minimum absolute atomic E-state index is 0.0137. The lowest BCUT2D eigenvalue weighted by Crippen LogP contribution is -2.20. The van der Waals surface area contributed by atoms with Crippen LogP contribution in [-0.4, -0.2) is 66.0 Å². The second-order valence-corrected chi connectivity index (χ2v) is 10.5. The molecule has 0 saturated carbocycles. The third-order valence-electron chi connectivity index (χ3n) is 3.79. The van der Waals surface area contributed by atoms with Crippen molar-refractivity contribution in [2.24, 2.45) is 0 Å². The summed E-state index contributed by atoms with van der Waals surface area (Å²) in [6.07, 6.45) is 6.28. The van der Waals surface area contributed by atoms with Crippen LogP contribution in [0.15, 0.2) is 0 Å². The number of sulfone groups is 2. The van der Waals surface area contributed by atoms with Gasteiger partial charge in [-0.2, -0.15) is 0 Å². The van der Waals surface area contributed by atoms with Gasteiger partial charge in [0.2, 0.25) is 0 Å². The van der Waals surface area contributed by atoms with E-state index in [9.17, 15) is 26.4 Å². The first kappa shape index (κ1) is 24.8. The Bertz CT molecular complexity index is 567. The van der Waals surface area contributed by atoms with Crippen LogP contribution in [-0.2, 0) is 38.7 Å². The lowest BCUT2D eigenvalue weighted by molar-refractivity contribution is -0.138. The van der Waals surface area contributed by atoms with Gasteiger partial charge in [-0.15, -0.1) is 0 Å². The van der Waals surface area contributed by atoms with Crippen molar-refractivity contribution in [3.8, 4) is 0 Å². The van der Waals surface area contributed by atoms with Crippen molar-refractivity contribution in [3.05, 3.63) is 0 Å². The molecule has 0 N–H and O–H groups in total. The third kappa shape index (κ3) is 14.1. The van der Waals surface area contributed by atoms with E-state index in [0.29, 0.717) is 12.8 Å². The van der Waals surface area contributed by atoms with E-state index in [2.05, 4.69) is 9.47 Å². The molecule has 0 radical (unpaired) electrons. The summed E-state index contributed by atoms with van der Waals surface area (Å²) < 4.78 is 55.1. The van der Waals surface area contributed by atoms with Crippen LogP contribution in [0.25, 0.3) is 0 Å². The minimum atomic E-state index is -3.39. The van der Waals surface area contributed by atoms with E-state index < -0.39 is 43.1 Å². The van der Waals surface area contributed by atoms with Gasteiger partial charge in [0.25, 0.3) is 0 Å². The Kier molecular flexibility index (Phi) is 12.5. The molecule has 0 saturated heterocycles. The van der Waals surface area contributed by atoms with Crippen LogP contribution in [0.5, 0.6) is 0 Å². The smallest absolute Gasteiger partial charge is 0.320 e. The average Bonchev–Trinajstić information content (AvgIpc) is 2.55. The molecule has 0 rings (SSSR count). The second-order valence-electron chi connectivity index (χ2n) is 6.16. The van der Waals surface area contributed by atoms with Gasteiger partial charge in [-0.05, 0) is 12.8 Å². The Morgan fingerprint density at radius 2 is 0.846 bits per heavy atom. The molecule has 0 aliphatic heterocycles. The molecular formula is C16H30O8S2. The van der Waals surface area contributed by atoms with Gasteiger partial charge >= 0.3 is 11.9 Å². The largest absolute Gasteiger partial charge is 0.468 e.